The summed E-state index contributed by atoms with van der Waals surface area (Å²) < 4.78 is 0. The molecule has 1 aromatic carbocycles. The van der Waals surface area contributed by atoms with Crippen LogP contribution in [0.1, 0.15) is 81.6 Å². The van der Waals surface area contributed by atoms with Crippen molar-refractivity contribution in [3.63, 3.8) is 0 Å². The molecule has 0 saturated carbocycles. The minimum absolute atomic E-state index is 0.119. The van der Waals surface area contributed by atoms with E-state index in [0.29, 0.717) is 25.7 Å². The van der Waals surface area contributed by atoms with Gasteiger partial charge in [-0.3, -0.25) is 14.4 Å². The Bertz CT molecular complexity index is 665. The van der Waals surface area contributed by atoms with Crippen molar-refractivity contribution in [1.82, 2.24) is 0 Å². The summed E-state index contributed by atoms with van der Waals surface area (Å²) in [6, 6.07) is 5.52. The van der Waals surface area contributed by atoms with Crippen LogP contribution in [0.2, 0.25) is 0 Å². The molecular weight excluding hydrogens is 314 g/mol. The maximum absolute atomic E-state index is 13.1. The summed E-state index contributed by atoms with van der Waals surface area (Å²) in [5, 5.41) is 2.78. The van der Waals surface area contributed by atoms with Crippen LogP contribution in [0, 0.1) is 5.41 Å². The highest BCUT2D eigenvalue weighted by Crippen LogP contribution is 2.45. The lowest BCUT2D eigenvalue weighted by molar-refractivity contribution is -0.119. The van der Waals surface area contributed by atoms with Gasteiger partial charge in [-0.25, -0.2) is 0 Å². The van der Waals surface area contributed by atoms with Crippen molar-refractivity contribution >= 4 is 23.2 Å². The highest BCUT2D eigenvalue weighted by atomic mass is 16.1. The van der Waals surface area contributed by atoms with Crippen molar-refractivity contribution in [3.05, 3.63) is 29.3 Å². The molecule has 25 heavy (non-hydrogen) atoms. The lowest BCUT2D eigenvalue weighted by Gasteiger charge is -2.27. The molecule has 0 aromatic heterocycles. The van der Waals surface area contributed by atoms with Gasteiger partial charge in [-0.2, -0.15) is 0 Å². The van der Waals surface area contributed by atoms with E-state index < -0.39 is 5.41 Å². The summed E-state index contributed by atoms with van der Waals surface area (Å²) in [5.74, 6) is 0.308. The number of amides is 1. The van der Waals surface area contributed by atoms with Crippen LogP contribution >= 0.6 is 0 Å². The number of Topliss-reactive ketones (excluding diaryl/α,β-unsaturated/α-hetero) is 2. The summed E-state index contributed by atoms with van der Waals surface area (Å²) in [6.07, 6.45) is 6.09. The molecule has 136 valence electrons. The summed E-state index contributed by atoms with van der Waals surface area (Å²) in [5.41, 5.74) is 2.03. The van der Waals surface area contributed by atoms with Gasteiger partial charge in [0.2, 0.25) is 5.91 Å². The molecule has 1 unspecified atom stereocenters. The van der Waals surface area contributed by atoms with Crippen molar-refractivity contribution in [2.45, 2.75) is 72.1 Å². The number of carbonyl (C=O) groups excluding carboxylic acids is 3. The number of nitrogens with one attached hydrogen (secondary N) is 1. The normalized spacial score (nSPS) is 18.9. The quantitative estimate of drug-likeness (QED) is 0.706. The van der Waals surface area contributed by atoms with E-state index in [2.05, 4.69) is 12.2 Å². The highest BCUT2D eigenvalue weighted by Gasteiger charge is 2.44. The largest absolute Gasteiger partial charge is 0.326 e. The standard InChI is InChI=1S/C21H29NO3/c1-4-6-11-21(12-10-18(24)7-5-2)14-16-13-17(22-15(3)23)8-9-19(16)20(21)25/h8-9,13H,4-7,10-12,14H2,1-3H3,(H,22,23). The Kier molecular flexibility index (Phi) is 6.51. The highest BCUT2D eigenvalue weighted by molar-refractivity contribution is 6.05. The first-order chi connectivity index (χ1) is 11.9. The molecule has 1 amide bonds. The number of hydrogen-bond donors (Lipinski definition) is 1. The van der Waals surface area contributed by atoms with Crippen molar-refractivity contribution in [2.75, 3.05) is 5.32 Å². The number of anilines is 1. The van der Waals surface area contributed by atoms with Crippen molar-refractivity contribution in [2.24, 2.45) is 5.41 Å². The Morgan fingerprint density at radius 3 is 2.52 bits per heavy atom. The average molecular weight is 343 g/mol. The molecule has 1 aliphatic carbocycles. The third-order valence-electron chi connectivity index (χ3n) is 5.10. The zero-order chi connectivity index (χ0) is 18.4. The average Bonchev–Trinajstić information content (AvgIpc) is 2.83. The molecule has 2 rings (SSSR count). The van der Waals surface area contributed by atoms with E-state index in [1.807, 2.05) is 19.1 Å². The fraction of sp³-hybridized carbons (Fsp3) is 0.571. The third-order valence-corrected chi connectivity index (χ3v) is 5.10. The van der Waals surface area contributed by atoms with Crippen LogP contribution in [0.3, 0.4) is 0 Å². The number of hydrogen-bond acceptors (Lipinski definition) is 3. The predicted octanol–water partition coefficient (Wildman–Crippen LogP) is 4.71. The second-order valence-corrected chi connectivity index (χ2v) is 7.23. The zero-order valence-electron chi connectivity index (χ0n) is 15.6. The van der Waals surface area contributed by atoms with E-state index in [1.54, 1.807) is 6.07 Å². The van der Waals surface area contributed by atoms with Gasteiger partial charge >= 0.3 is 0 Å². The molecule has 1 aliphatic rings. The second-order valence-electron chi connectivity index (χ2n) is 7.23. The Morgan fingerprint density at radius 2 is 1.88 bits per heavy atom. The van der Waals surface area contributed by atoms with Crippen molar-refractivity contribution < 1.29 is 14.4 Å². The smallest absolute Gasteiger partial charge is 0.221 e. The van der Waals surface area contributed by atoms with Gasteiger partial charge in [0.1, 0.15) is 5.78 Å². The molecule has 0 saturated heterocycles. The molecule has 0 fully saturated rings. The number of carbonyl (C=O) groups is 3. The maximum Gasteiger partial charge on any atom is 0.221 e. The number of fused-ring (bicyclic) bond motifs is 1. The van der Waals surface area contributed by atoms with Crippen LogP contribution in [0.4, 0.5) is 5.69 Å². The number of benzene rings is 1. The number of unbranched alkanes of at least 4 members (excludes halogenated alkanes) is 1. The Morgan fingerprint density at radius 1 is 1.12 bits per heavy atom. The molecule has 4 nitrogen and oxygen atoms in total. The first-order valence-corrected chi connectivity index (χ1v) is 9.39. The molecule has 0 radical (unpaired) electrons. The van der Waals surface area contributed by atoms with Crippen molar-refractivity contribution in [3.8, 4) is 0 Å². The van der Waals surface area contributed by atoms with Crippen LogP contribution in [0.5, 0.6) is 0 Å². The van der Waals surface area contributed by atoms with E-state index >= 15 is 0 Å². The van der Waals surface area contributed by atoms with E-state index in [0.717, 1.165) is 42.5 Å². The predicted molar refractivity (Wildman–Crippen MR) is 99.9 cm³/mol. The summed E-state index contributed by atoms with van der Waals surface area (Å²) >= 11 is 0. The SMILES string of the molecule is CCCCC1(CCC(=O)CCC)Cc2cc(NC(C)=O)ccc2C1=O. The van der Waals surface area contributed by atoms with Gasteiger partial charge in [0.05, 0.1) is 0 Å². The van der Waals surface area contributed by atoms with Crippen LogP contribution in [0.15, 0.2) is 18.2 Å². The van der Waals surface area contributed by atoms with Gasteiger partial charge in [-0.05, 0) is 49.4 Å². The van der Waals surface area contributed by atoms with E-state index in [9.17, 15) is 14.4 Å². The molecule has 1 N–H and O–H groups in total. The van der Waals surface area contributed by atoms with Gasteiger partial charge < -0.3 is 5.32 Å². The molecular formula is C21H29NO3. The minimum Gasteiger partial charge on any atom is -0.326 e. The second kappa shape index (κ2) is 8.41. The van der Waals surface area contributed by atoms with Crippen LogP contribution in [-0.2, 0) is 16.0 Å². The fourth-order valence-electron chi connectivity index (χ4n) is 3.80. The van der Waals surface area contributed by atoms with Gasteiger partial charge in [0.25, 0.3) is 0 Å². The molecule has 0 spiro atoms. The molecule has 0 bridgehead atoms. The third kappa shape index (κ3) is 4.56. The summed E-state index contributed by atoms with van der Waals surface area (Å²) in [7, 11) is 0. The molecule has 0 aliphatic heterocycles. The first kappa shape index (κ1) is 19.4. The Balaban J connectivity index is 2.23. The lowest BCUT2D eigenvalue weighted by Crippen LogP contribution is -2.29. The van der Waals surface area contributed by atoms with Crippen LogP contribution in [0.25, 0.3) is 0 Å². The maximum atomic E-state index is 13.1. The topological polar surface area (TPSA) is 63.2 Å². The Labute approximate surface area is 150 Å². The monoisotopic (exact) mass is 343 g/mol. The van der Waals surface area contributed by atoms with Crippen LogP contribution in [-0.4, -0.2) is 17.5 Å². The molecule has 0 heterocycles. The van der Waals surface area contributed by atoms with Crippen LogP contribution < -0.4 is 5.32 Å². The fourth-order valence-corrected chi connectivity index (χ4v) is 3.80. The van der Waals surface area contributed by atoms with Gasteiger partial charge in [0, 0.05) is 36.4 Å². The zero-order valence-corrected chi connectivity index (χ0v) is 15.6. The molecule has 1 atom stereocenters. The molecule has 1 aromatic rings. The van der Waals surface area contributed by atoms with Gasteiger partial charge in [-0.15, -0.1) is 0 Å². The van der Waals surface area contributed by atoms with Crippen molar-refractivity contribution in [1.29, 1.82) is 0 Å². The van der Waals surface area contributed by atoms with E-state index in [1.165, 1.54) is 6.92 Å². The van der Waals surface area contributed by atoms with Gasteiger partial charge in [0.15, 0.2) is 5.78 Å². The minimum atomic E-state index is -0.448. The number of rotatable bonds is 9. The van der Waals surface area contributed by atoms with E-state index in [-0.39, 0.29) is 17.5 Å². The lowest BCUT2D eigenvalue weighted by atomic mass is 9.74. The van der Waals surface area contributed by atoms with E-state index in [4.69, 9.17) is 0 Å². The molecule has 4 heteroatoms. The first-order valence-electron chi connectivity index (χ1n) is 9.39. The number of ketones is 2. The van der Waals surface area contributed by atoms with Gasteiger partial charge in [-0.1, -0.05) is 26.7 Å². The summed E-state index contributed by atoms with van der Waals surface area (Å²) in [6.45, 7) is 5.60. The Hall–Kier alpha value is -1.97. The summed E-state index contributed by atoms with van der Waals surface area (Å²) in [4.78, 5) is 36.4.